The molecule has 2 aromatic rings. The second-order valence-electron chi connectivity index (χ2n) is 5.12. The number of carbonyl (C=O) groups excluding carboxylic acids is 2. The number of anilines is 1. The van der Waals surface area contributed by atoms with Crippen molar-refractivity contribution < 1.29 is 19.8 Å². The maximum absolute atomic E-state index is 12.6. The number of benzene rings is 1. The van der Waals surface area contributed by atoms with Crippen LogP contribution in [0.2, 0.25) is 0 Å². The molecule has 0 saturated carbocycles. The number of aliphatic hydroxyl groups excluding tert-OH is 1. The molecule has 1 aromatic carbocycles. The van der Waals surface area contributed by atoms with E-state index in [0.29, 0.717) is 0 Å². The fraction of sp³-hybridized carbons (Fsp3) is 0.176. The van der Waals surface area contributed by atoms with Gasteiger partial charge in [0.1, 0.15) is 11.8 Å². The minimum Gasteiger partial charge on any atom is -0.506 e. The van der Waals surface area contributed by atoms with Crippen LogP contribution in [0, 0.1) is 0 Å². The number of aliphatic hydroxyl groups is 1. The van der Waals surface area contributed by atoms with E-state index in [1.165, 1.54) is 22.3 Å². The zero-order chi connectivity index (χ0) is 16.6. The first-order valence-corrected chi connectivity index (χ1v) is 8.05. The molecule has 23 heavy (non-hydrogen) atoms. The number of hydrogen-bond acceptors (Lipinski definition) is 5. The number of rotatable bonds is 4. The third-order valence-corrected chi connectivity index (χ3v) is 4.71. The average molecular weight is 329 g/mol. The number of aromatic hydroxyl groups is 1. The molecule has 1 aliphatic rings. The lowest BCUT2D eigenvalue weighted by molar-refractivity contribution is -0.118. The molecular weight excluding hydrogens is 314 g/mol. The molecule has 3 rings (SSSR count). The first-order chi connectivity index (χ1) is 11.1. The van der Waals surface area contributed by atoms with Gasteiger partial charge in [0.2, 0.25) is 0 Å². The molecular formula is C17H15NO4S. The van der Waals surface area contributed by atoms with Crippen molar-refractivity contribution in [2.75, 3.05) is 4.90 Å². The highest BCUT2D eigenvalue weighted by atomic mass is 32.1. The van der Waals surface area contributed by atoms with Crippen LogP contribution in [0.4, 0.5) is 5.69 Å². The number of hydrogen-bond donors (Lipinski definition) is 2. The Balaban J connectivity index is 2.19. The fourth-order valence-corrected chi connectivity index (χ4v) is 3.54. The smallest absolute Gasteiger partial charge is 0.294 e. The van der Waals surface area contributed by atoms with E-state index in [4.69, 9.17) is 0 Å². The topological polar surface area (TPSA) is 77.8 Å². The fourth-order valence-electron chi connectivity index (χ4n) is 2.71. The summed E-state index contributed by atoms with van der Waals surface area (Å²) in [6, 6.07) is 9.28. The highest BCUT2D eigenvalue weighted by Gasteiger charge is 2.44. The predicted molar refractivity (Wildman–Crippen MR) is 87.6 cm³/mol. The van der Waals surface area contributed by atoms with E-state index in [-0.39, 0.29) is 29.2 Å². The molecule has 0 bridgehead atoms. The summed E-state index contributed by atoms with van der Waals surface area (Å²) in [4.78, 5) is 26.9. The van der Waals surface area contributed by atoms with Gasteiger partial charge in [-0.2, -0.15) is 0 Å². The quantitative estimate of drug-likeness (QED) is 0.902. The monoisotopic (exact) mass is 329 g/mol. The summed E-state index contributed by atoms with van der Waals surface area (Å²) in [5, 5.41) is 22.2. The Morgan fingerprint density at radius 3 is 2.57 bits per heavy atom. The van der Waals surface area contributed by atoms with E-state index in [1.54, 1.807) is 31.2 Å². The molecule has 0 fully saturated rings. The Kier molecular flexibility index (Phi) is 3.92. The molecule has 1 amide bonds. The molecule has 1 atom stereocenters. The maximum Gasteiger partial charge on any atom is 0.294 e. The second-order valence-corrected chi connectivity index (χ2v) is 6.10. The van der Waals surface area contributed by atoms with Crippen molar-refractivity contribution in [1.29, 1.82) is 0 Å². The van der Waals surface area contributed by atoms with Gasteiger partial charge in [0, 0.05) is 11.3 Å². The number of nitrogens with zero attached hydrogens (tertiary/aromatic N) is 1. The van der Waals surface area contributed by atoms with Gasteiger partial charge in [-0.1, -0.05) is 25.1 Å². The summed E-state index contributed by atoms with van der Waals surface area (Å²) in [5.74, 6) is -1.59. The second kappa shape index (κ2) is 5.89. The molecule has 0 radical (unpaired) electrons. The Labute approximate surface area is 137 Å². The summed E-state index contributed by atoms with van der Waals surface area (Å²) in [6.45, 7) is 1.68. The van der Waals surface area contributed by atoms with Gasteiger partial charge >= 0.3 is 0 Å². The molecule has 0 saturated heterocycles. The van der Waals surface area contributed by atoms with Crippen LogP contribution >= 0.6 is 11.3 Å². The zero-order valence-corrected chi connectivity index (χ0v) is 13.2. The first kappa shape index (κ1) is 15.3. The predicted octanol–water partition coefficient (Wildman–Crippen LogP) is 3.33. The molecule has 0 spiro atoms. The Morgan fingerprint density at radius 1 is 1.22 bits per heavy atom. The summed E-state index contributed by atoms with van der Waals surface area (Å²) >= 11 is 1.39. The van der Waals surface area contributed by atoms with Crippen molar-refractivity contribution in [2.24, 2.45) is 0 Å². The summed E-state index contributed by atoms with van der Waals surface area (Å²) in [6.07, 6.45) is 0.184. The van der Waals surface area contributed by atoms with Gasteiger partial charge < -0.3 is 10.2 Å². The van der Waals surface area contributed by atoms with Crippen LogP contribution in [-0.4, -0.2) is 21.9 Å². The Morgan fingerprint density at radius 2 is 1.96 bits per heavy atom. The standard InChI is InChI=1S/C17H15NO4S/c1-2-11(19)14-15(13-8-5-9-23-13)18(17(22)16(14)21)10-6-3-4-7-12(10)20/h3-9,15,20-21H,2H2,1H3. The van der Waals surface area contributed by atoms with Crippen LogP contribution in [0.15, 0.2) is 53.1 Å². The molecule has 1 unspecified atom stereocenters. The van der Waals surface area contributed by atoms with E-state index in [0.717, 1.165) is 4.88 Å². The first-order valence-electron chi connectivity index (χ1n) is 7.17. The molecule has 2 heterocycles. The van der Waals surface area contributed by atoms with Crippen molar-refractivity contribution in [3.05, 3.63) is 58.0 Å². The van der Waals surface area contributed by atoms with E-state index in [2.05, 4.69) is 0 Å². The van der Waals surface area contributed by atoms with Gasteiger partial charge in [-0.05, 0) is 23.6 Å². The number of Topliss-reactive ketones (excluding diaryl/α,β-unsaturated/α-hetero) is 1. The number of phenols is 1. The van der Waals surface area contributed by atoms with Crippen LogP contribution < -0.4 is 4.90 Å². The number of thiophene rings is 1. The number of amides is 1. The minimum absolute atomic E-state index is 0.0830. The lowest BCUT2D eigenvalue weighted by Gasteiger charge is -2.26. The largest absolute Gasteiger partial charge is 0.506 e. The molecule has 6 heteroatoms. The van der Waals surface area contributed by atoms with Crippen LogP contribution in [-0.2, 0) is 9.59 Å². The van der Waals surface area contributed by atoms with Crippen LogP contribution in [0.1, 0.15) is 24.3 Å². The summed E-state index contributed by atoms with van der Waals surface area (Å²) < 4.78 is 0. The van der Waals surface area contributed by atoms with Crippen LogP contribution in [0.25, 0.3) is 0 Å². The Bertz CT molecular complexity index is 795. The minimum atomic E-state index is -0.719. The lowest BCUT2D eigenvalue weighted by atomic mass is 10.00. The number of phenolic OH excluding ortho intramolecular Hbond substituents is 1. The van der Waals surface area contributed by atoms with Gasteiger partial charge in [0.15, 0.2) is 11.5 Å². The maximum atomic E-state index is 12.6. The van der Waals surface area contributed by atoms with E-state index >= 15 is 0 Å². The van der Waals surface area contributed by atoms with Crippen molar-refractivity contribution in [3.63, 3.8) is 0 Å². The van der Waals surface area contributed by atoms with E-state index in [9.17, 15) is 19.8 Å². The zero-order valence-electron chi connectivity index (χ0n) is 12.4. The van der Waals surface area contributed by atoms with E-state index < -0.39 is 17.7 Å². The lowest BCUT2D eigenvalue weighted by Crippen LogP contribution is -2.30. The molecule has 118 valence electrons. The SMILES string of the molecule is CCC(=O)C1=C(O)C(=O)N(c2ccccc2O)C1c1cccs1. The van der Waals surface area contributed by atoms with Crippen LogP contribution in [0.5, 0.6) is 5.75 Å². The van der Waals surface area contributed by atoms with E-state index in [1.807, 2.05) is 11.4 Å². The summed E-state index contributed by atoms with van der Waals surface area (Å²) in [5.41, 5.74) is 0.351. The third kappa shape index (κ3) is 2.41. The molecule has 1 aliphatic heterocycles. The van der Waals surface area contributed by atoms with Gasteiger partial charge in [0.05, 0.1) is 11.3 Å². The van der Waals surface area contributed by atoms with Crippen LogP contribution in [0.3, 0.4) is 0 Å². The van der Waals surface area contributed by atoms with Crippen molar-refractivity contribution >= 4 is 28.7 Å². The highest BCUT2D eigenvalue weighted by Crippen LogP contribution is 2.45. The molecule has 2 N–H and O–H groups in total. The normalized spacial score (nSPS) is 17.9. The number of carbonyl (C=O) groups is 2. The van der Waals surface area contributed by atoms with Crippen molar-refractivity contribution in [1.82, 2.24) is 0 Å². The van der Waals surface area contributed by atoms with Gasteiger partial charge in [-0.15, -0.1) is 11.3 Å². The number of ketones is 1. The van der Waals surface area contributed by atoms with Crippen molar-refractivity contribution in [2.45, 2.75) is 19.4 Å². The highest BCUT2D eigenvalue weighted by molar-refractivity contribution is 7.10. The third-order valence-electron chi connectivity index (χ3n) is 3.78. The van der Waals surface area contributed by atoms with Gasteiger partial charge in [0.25, 0.3) is 5.91 Å². The molecule has 0 aliphatic carbocycles. The molecule has 5 nitrogen and oxygen atoms in total. The average Bonchev–Trinajstić information content (AvgIpc) is 3.16. The van der Waals surface area contributed by atoms with Crippen molar-refractivity contribution in [3.8, 4) is 5.75 Å². The van der Waals surface area contributed by atoms with Gasteiger partial charge in [-0.3, -0.25) is 14.5 Å². The van der Waals surface area contributed by atoms with Gasteiger partial charge in [-0.25, -0.2) is 0 Å². The Hall–Kier alpha value is -2.60. The number of para-hydroxylation sites is 2. The molecule has 1 aromatic heterocycles. The summed E-state index contributed by atoms with van der Waals surface area (Å²) in [7, 11) is 0.